The number of nitrogens with one attached hydrogen (secondary N) is 2. The molecular formula is C19H25F3IN6P. The van der Waals surface area contributed by atoms with E-state index in [0.717, 1.165) is 17.6 Å². The van der Waals surface area contributed by atoms with E-state index < -0.39 is 11.9 Å². The fourth-order valence-corrected chi connectivity index (χ4v) is 4.45. The van der Waals surface area contributed by atoms with E-state index >= 15 is 0 Å². The van der Waals surface area contributed by atoms with E-state index in [4.69, 9.17) is 0 Å². The highest BCUT2D eigenvalue weighted by atomic mass is 127. The summed E-state index contributed by atoms with van der Waals surface area (Å²) in [6, 6.07) is 5.38. The van der Waals surface area contributed by atoms with Crippen LogP contribution in [0.15, 0.2) is 36.9 Å². The zero-order valence-electron chi connectivity index (χ0n) is 17.4. The highest BCUT2D eigenvalue weighted by Crippen LogP contribution is 2.34. The summed E-state index contributed by atoms with van der Waals surface area (Å²) in [5.41, 5.74) is 1.15. The number of pyridine rings is 2. The Bertz CT molecular complexity index is 975. The maximum absolute atomic E-state index is 12.8. The number of aryl methyl sites for hydroxylation is 1. The fraction of sp³-hybridized carbons (Fsp3) is 0.316. The van der Waals surface area contributed by atoms with E-state index in [1.165, 1.54) is 12.1 Å². The zero-order valence-corrected chi connectivity index (χ0v) is 20.6. The second-order valence-corrected chi connectivity index (χ2v) is 7.56. The molecular weight excluding hydrogens is 527 g/mol. The van der Waals surface area contributed by atoms with Crippen molar-refractivity contribution in [1.29, 1.82) is 0 Å². The normalized spacial score (nSPS) is 10.8. The molecule has 0 amide bonds. The lowest BCUT2D eigenvalue weighted by Gasteiger charge is -2.11. The van der Waals surface area contributed by atoms with E-state index in [1.54, 1.807) is 19.2 Å². The van der Waals surface area contributed by atoms with Gasteiger partial charge >= 0.3 is 6.18 Å². The Morgan fingerprint density at radius 3 is 2.33 bits per heavy atom. The number of halogens is 4. The molecule has 11 heteroatoms. The number of anilines is 3. The van der Waals surface area contributed by atoms with Crippen molar-refractivity contribution in [2.75, 3.05) is 17.7 Å². The van der Waals surface area contributed by atoms with Gasteiger partial charge in [0, 0.05) is 13.1 Å². The third-order valence-corrected chi connectivity index (χ3v) is 5.58. The lowest BCUT2D eigenvalue weighted by atomic mass is 10.3. The number of rotatable bonds is 4. The van der Waals surface area contributed by atoms with Crippen LogP contribution in [0.25, 0.3) is 11.2 Å². The summed E-state index contributed by atoms with van der Waals surface area (Å²) in [7, 11) is 1.75. The predicted molar refractivity (Wildman–Crippen MR) is 129 cm³/mol. The summed E-state index contributed by atoms with van der Waals surface area (Å²) in [6.45, 7) is 11.1. The van der Waals surface area contributed by atoms with Crippen molar-refractivity contribution >= 4 is 56.9 Å². The predicted octanol–water partition coefficient (Wildman–Crippen LogP) is 6.95. The van der Waals surface area contributed by atoms with Gasteiger partial charge in [0.2, 0.25) is 0 Å². The first kappa shape index (κ1) is 26.1. The summed E-state index contributed by atoms with van der Waals surface area (Å²) in [5.74, 6) is 1.28. The van der Waals surface area contributed by atoms with Crippen LogP contribution in [-0.4, -0.2) is 26.3 Å². The van der Waals surface area contributed by atoms with Gasteiger partial charge in [0.25, 0.3) is 0 Å². The molecule has 0 aliphatic rings. The number of allylic oxidation sites excluding steroid dienone is 1. The first-order chi connectivity index (χ1) is 14.2. The van der Waals surface area contributed by atoms with Gasteiger partial charge in [-0.15, -0.1) is 6.58 Å². The van der Waals surface area contributed by atoms with Crippen LogP contribution in [-0.2, 0) is 6.18 Å². The third kappa shape index (κ3) is 6.53. The largest absolute Gasteiger partial charge is 0.433 e. The molecule has 0 saturated heterocycles. The Kier molecular flexibility index (Phi) is 10.5. The van der Waals surface area contributed by atoms with Crippen LogP contribution < -0.4 is 10.6 Å². The van der Waals surface area contributed by atoms with E-state index in [-0.39, 0.29) is 5.82 Å². The van der Waals surface area contributed by atoms with E-state index in [1.807, 2.05) is 32.0 Å². The molecule has 0 aliphatic carbocycles. The monoisotopic (exact) mass is 552 g/mol. The Hall–Kier alpha value is -1.94. The molecule has 0 spiro atoms. The van der Waals surface area contributed by atoms with Crippen LogP contribution in [0, 0.1) is 6.92 Å². The Balaban J connectivity index is 0.000000826. The van der Waals surface area contributed by atoms with Crippen molar-refractivity contribution in [2.24, 2.45) is 0 Å². The first-order valence-electron chi connectivity index (χ1n) is 9.08. The second kappa shape index (κ2) is 12.0. The number of nitrogens with zero attached hydrogens (tertiary/aromatic N) is 4. The van der Waals surface area contributed by atoms with Gasteiger partial charge in [-0.2, -0.15) is 13.2 Å². The number of alkyl halides is 3. The molecule has 30 heavy (non-hydrogen) atoms. The van der Waals surface area contributed by atoms with E-state index in [9.17, 15) is 13.2 Å². The standard InChI is InChI=1S/C14H13F3IN6P.C3H6.C2H6/c1-7-20-12-8(19-2)6-11(23-13(12)24(7)25-18)22-10-5-3-4-9(21-10)14(15,16)17;1-3-2;1-2/h3-6,25H,1-2H3,(H2,19,21,22,23);3H,1H2,2H3;1-2H3. The van der Waals surface area contributed by atoms with Crippen molar-refractivity contribution in [3.63, 3.8) is 0 Å². The van der Waals surface area contributed by atoms with Gasteiger partial charge in [0.05, 0.1) is 12.1 Å². The number of imidazole rings is 1. The molecule has 0 radical (unpaired) electrons. The fourth-order valence-electron chi connectivity index (χ4n) is 2.31. The van der Waals surface area contributed by atoms with Crippen LogP contribution in [0.2, 0.25) is 0 Å². The molecule has 0 aliphatic heterocycles. The van der Waals surface area contributed by atoms with Gasteiger partial charge in [-0.05, 0) is 48.0 Å². The Morgan fingerprint density at radius 1 is 1.17 bits per heavy atom. The maximum atomic E-state index is 12.8. The lowest BCUT2D eigenvalue weighted by molar-refractivity contribution is -0.141. The number of aromatic nitrogens is 4. The van der Waals surface area contributed by atoms with Gasteiger partial charge in [0.1, 0.15) is 28.7 Å². The minimum Gasteiger partial charge on any atom is -0.386 e. The molecule has 6 nitrogen and oxygen atoms in total. The van der Waals surface area contributed by atoms with Crippen molar-refractivity contribution in [2.45, 2.75) is 33.9 Å². The molecule has 3 aromatic heterocycles. The average molecular weight is 552 g/mol. The molecule has 0 fully saturated rings. The minimum absolute atomic E-state index is 0.0726. The van der Waals surface area contributed by atoms with Crippen molar-refractivity contribution < 1.29 is 13.2 Å². The number of hydrogen-bond acceptors (Lipinski definition) is 5. The zero-order chi connectivity index (χ0) is 22.9. The quantitative estimate of drug-likeness (QED) is 0.208. The summed E-state index contributed by atoms with van der Waals surface area (Å²) in [4.78, 5) is 12.6. The molecule has 0 aromatic carbocycles. The molecule has 0 bridgehead atoms. The van der Waals surface area contributed by atoms with Gasteiger partial charge in [-0.1, -0.05) is 26.0 Å². The van der Waals surface area contributed by atoms with Crippen molar-refractivity contribution in [1.82, 2.24) is 19.3 Å². The van der Waals surface area contributed by atoms with Gasteiger partial charge in [-0.25, -0.2) is 15.0 Å². The molecule has 2 N–H and O–H groups in total. The highest BCUT2D eigenvalue weighted by molar-refractivity contribution is 14.2. The van der Waals surface area contributed by atoms with Crippen molar-refractivity contribution in [3.05, 3.63) is 48.4 Å². The van der Waals surface area contributed by atoms with Crippen molar-refractivity contribution in [3.8, 4) is 0 Å². The smallest absolute Gasteiger partial charge is 0.386 e. The highest BCUT2D eigenvalue weighted by Gasteiger charge is 2.32. The summed E-state index contributed by atoms with van der Waals surface area (Å²) in [6.07, 6.45) is -2.35. The third-order valence-electron chi connectivity index (χ3n) is 3.43. The molecule has 164 valence electrons. The average Bonchev–Trinajstić information content (AvgIpc) is 3.04. The van der Waals surface area contributed by atoms with Crippen LogP contribution in [0.5, 0.6) is 0 Å². The molecule has 3 aromatic rings. The first-order valence-corrected chi connectivity index (χ1v) is 13.1. The van der Waals surface area contributed by atoms with Gasteiger partial charge in [0.15, 0.2) is 5.65 Å². The second-order valence-electron chi connectivity index (χ2n) is 5.50. The molecule has 3 heterocycles. The van der Waals surface area contributed by atoms with E-state index in [0.29, 0.717) is 23.4 Å². The molecule has 3 rings (SSSR count). The van der Waals surface area contributed by atoms with Crippen LogP contribution in [0.3, 0.4) is 0 Å². The van der Waals surface area contributed by atoms with Crippen LogP contribution >= 0.6 is 28.4 Å². The number of fused-ring (bicyclic) bond motifs is 1. The maximum Gasteiger partial charge on any atom is 0.433 e. The lowest BCUT2D eigenvalue weighted by Crippen LogP contribution is -2.09. The van der Waals surface area contributed by atoms with E-state index in [2.05, 4.69) is 54.2 Å². The Morgan fingerprint density at radius 2 is 1.80 bits per heavy atom. The Labute approximate surface area is 189 Å². The topological polar surface area (TPSA) is 67.7 Å². The number of hydrogen-bond donors (Lipinski definition) is 2. The molecule has 1 unspecified atom stereocenters. The summed E-state index contributed by atoms with van der Waals surface area (Å²) >= 11 is 2.23. The SMILES string of the molecule is C=CC.CC.CNc1cc(Nc2cccc(C(F)(F)F)n2)nc2c1nc(C)n2PI. The van der Waals surface area contributed by atoms with Crippen LogP contribution in [0.1, 0.15) is 32.3 Å². The van der Waals surface area contributed by atoms with Gasteiger partial charge < -0.3 is 10.6 Å². The summed E-state index contributed by atoms with van der Waals surface area (Å²) < 4.78 is 40.4. The van der Waals surface area contributed by atoms with Crippen LogP contribution in [0.4, 0.5) is 30.5 Å². The minimum atomic E-state index is -4.50. The summed E-state index contributed by atoms with van der Waals surface area (Å²) in [5, 5.41) is 5.88. The molecule has 0 saturated carbocycles. The molecule has 1 atom stereocenters. The van der Waals surface area contributed by atoms with Gasteiger partial charge in [-0.3, -0.25) is 4.34 Å².